The highest BCUT2D eigenvalue weighted by Crippen LogP contribution is 2.13. The average Bonchev–Trinajstić information content (AvgIpc) is 2.67. The predicted octanol–water partition coefficient (Wildman–Crippen LogP) is 2.70. The fourth-order valence-corrected chi connectivity index (χ4v) is 1.47. The van der Waals surface area contributed by atoms with Crippen molar-refractivity contribution in [2.24, 2.45) is 0 Å². The molecule has 0 aliphatic rings. The minimum Gasteiger partial charge on any atom is -0.346 e. The third-order valence-electron chi connectivity index (χ3n) is 1.90. The van der Waals surface area contributed by atoms with Crippen molar-refractivity contribution in [3.8, 4) is 11.8 Å². The summed E-state index contributed by atoms with van der Waals surface area (Å²) in [5.41, 5.74) is 1.94. The van der Waals surface area contributed by atoms with Gasteiger partial charge in [-0.1, -0.05) is 27.8 Å². The Labute approximate surface area is 90.9 Å². The van der Waals surface area contributed by atoms with Crippen molar-refractivity contribution in [3.63, 3.8) is 0 Å². The van der Waals surface area contributed by atoms with Crippen LogP contribution in [0.25, 0.3) is 11.0 Å². The number of aromatic nitrogens is 2. The van der Waals surface area contributed by atoms with Gasteiger partial charge in [-0.05, 0) is 12.1 Å². The summed E-state index contributed by atoms with van der Waals surface area (Å²) in [6, 6.07) is 3.94. The number of nitrogens with zero attached hydrogens (tertiary/aromatic N) is 1. The number of alkyl halides is 1. The van der Waals surface area contributed by atoms with Gasteiger partial charge in [-0.2, -0.15) is 0 Å². The third kappa shape index (κ3) is 1.80. The summed E-state index contributed by atoms with van der Waals surface area (Å²) in [7, 11) is 0. The smallest absolute Gasteiger partial charge is 0.138 e. The second-order valence-corrected chi connectivity index (χ2v) is 3.63. The molecule has 0 aliphatic heterocycles. The molecule has 1 N–H and O–H groups in total. The maximum Gasteiger partial charge on any atom is 0.138 e. The Morgan fingerprint density at radius 2 is 2.36 bits per heavy atom. The second kappa shape index (κ2) is 4.30. The first kappa shape index (κ1) is 9.29. The predicted molar refractivity (Wildman–Crippen MR) is 61.4 cm³/mol. The summed E-state index contributed by atoms with van der Waals surface area (Å²) in [4.78, 5) is 7.26. The van der Waals surface area contributed by atoms with Gasteiger partial charge < -0.3 is 4.98 Å². The quantitative estimate of drug-likeness (QED) is 0.611. The fourth-order valence-electron chi connectivity index (χ4n) is 1.27. The molecule has 2 rings (SSSR count). The number of halogens is 1. The lowest BCUT2D eigenvalue weighted by Crippen LogP contribution is -1.80. The van der Waals surface area contributed by atoms with Gasteiger partial charge in [0, 0.05) is 35.1 Å². The van der Waals surface area contributed by atoms with Gasteiger partial charge in [0.25, 0.3) is 0 Å². The van der Waals surface area contributed by atoms with Crippen LogP contribution in [0.1, 0.15) is 12.0 Å². The maximum atomic E-state index is 4.20. The van der Waals surface area contributed by atoms with E-state index in [4.69, 9.17) is 0 Å². The van der Waals surface area contributed by atoms with Gasteiger partial charge in [0.15, 0.2) is 0 Å². The van der Waals surface area contributed by atoms with E-state index in [1.54, 1.807) is 6.20 Å². The summed E-state index contributed by atoms with van der Waals surface area (Å²) < 4.78 is 0. The molecule has 0 aliphatic carbocycles. The first-order valence-corrected chi connectivity index (χ1v) is 5.51. The molecule has 3 heteroatoms. The highest BCUT2D eigenvalue weighted by molar-refractivity contribution is 9.09. The van der Waals surface area contributed by atoms with Crippen LogP contribution in [-0.4, -0.2) is 15.3 Å². The van der Waals surface area contributed by atoms with Gasteiger partial charge in [0.05, 0.1) is 0 Å². The van der Waals surface area contributed by atoms with Gasteiger partial charge in [0.1, 0.15) is 5.65 Å². The molecule has 0 saturated carbocycles. The Balaban J connectivity index is 2.43. The normalized spacial score (nSPS) is 9.79. The number of nitrogens with one attached hydrogen (secondary N) is 1. The molecule has 2 aromatic rings. The Kier molecular flexibility index (Phi) is 2.85. The van der Waals surface area contributed by atoms with Crippen molar-refractivity contribution in [2.45, 2.75) is 6.42 Å². The monoisotopic (exact) mass is 248 g/mol. The van der Waals surface area contributed by atoms with Crippen LogP contribution < -0.4 is 0 Å². The van der Waals surface area contributed by atoms with Crippen molar-refractivity contribution >= 4 is 27.0 Å². The van der Waals surface area contributed by atoms with E-state index in [0.29, 0.717) is 0 Å². The topological polar surface area (TPSA) is 28.7 Å². The van der Waals surface area contributed by atoms with E-state index in [0.717, 1.165) is 28.3 Å². The average molecular weight is 249 g/mol. The van der Waals surface area contributed by atoms with Crippen LogP contribution in [0.4, 0.5) is 0 Å². The van der Waals surface area contributed by atoms with E-state index in [1.165, 1.54) is 0 Å². The van der Waals surface area contributed by atoms with Crippen LogP contribution in [0.15, 0.2) is 24.5 Å². The molecule has 2 nitrogen and oxygen atoms in total. The van der Waals surface area contributed by atoms with E-state index in [-0.39, 0.29) is 0 Å². The minimum atomic E-state index is 0.869. The zero-order chi connectivity index (χ0) is 9.80. The van der Waals surface area contributed by atoms with Crippen LogP contribution in [0.3, 0.4) is 0 Å². The summed E-state index contributed by atoms with van der Waals surface area (Å²) >= 11 is 3.34. The summed E-state index contributed by atoms with van der Waals surface area (Å²) in [5, 5.41) is 2.01. The fraction of sp³-hybridized carbons (Fsp3) is 0.182. The van der Waals surface area contributed by atoms with Crippen LogP contribution in [0, 0.1) is 11.8 Å². The number of rotatable bonds is 1. The van der Waals surface area contributed by atoms with E-state index in [2.05, 4.69) is 37.7 Å². The lowest BCUT2D eigenvalue weighted by atomic mass is 10.2. The molecule has 0 aromatic carbocycles. The van der Waals surface area contributed by atoms with E-state index < -0.39 is 0 Å². The zero-order valence-corrected chi connectivity index (χ0v) is 9.13. The van der Waals surface area contributed by atoms with Crippen molar-refractivity contribution in [2.75, 3.05) is 5.33 Å². The maximum absolute atomic E-state index is 4.20. The third-order valence-corrected chi connectivity index (χ3v) is 2.30. The molecule has 0 atom stereocenters. The molecule has 0 saturated heterocycles. The van der Waals surface area contributed by atoms with Crippen LogP contribution in [0.2, 0.25) is 0 Å². The Morgan fingerprint density at radius 3 is 3.21 bits per heavy atom. The number of hydrogen-bond donors (Lipinski definition) is 1. The zero-order valence-electron chi connectivity index (χ0n) is 7.55. The molecule has 0 amide bonds. The standard InChI is InChI=1S/C11H9BrN2/c12-6-2-1-3-9-4-7-13-11-10(9)5-8-14-11/h4-5,7-8H,2,6H2,(H,13,14). The Morgan fingerprint density at radius 1 is 1.43 bits per heavy atom. The van der Waals surface area contributed by atoms with Crippen molar-refractivity contribution in [1.29, 1.82) is 0 Å². The van der Waals surface area contributed by atoms with Crippen LogP contribution in [0.5, 0.6) is 0 Å². The first-order chi connectivity index (χ1) is 6.92. The van der Waals surface area contributed by atoms with Crippen LogP contribution >= 0.6 is 15.9 Å². The molecule has 0 spiro atoms. The molecule has 0 bridgehead atoms. The minimum absolute atomic E-state index is 0.869. The largest absolute Gasteiger partial charge is 0.346 e. The van der Waals surface area contributed by atoms with Crippen molar-refractivity contribution < 1.29 is 0 Å². The highest BCUT2D eigenvalue weighted by atomic mass is 79.9. The molecule has 0 radical (unpaired) electrons. The number of fused-ring (bicyclic) bond motifs is 1. The van der Waals surface area contributed by atoms with Crippen molar-refractivity contribution in [1.82, 2.24) is 9.97 Å². The molecule has 0 unspecified atom stereocenters. The second-order valence-electron chi connectivity index (χ2n) is 2.84. The van der Waals surface area contributed by atoms with Gasteiger partial charge in [-0.25, -0.2) is 4.98 Å². The molecule has 14 heavy (non-hydrogen) atoms. The highest BCUT2D eigenvalue weighted by Gasteiger charge is 1.98. The molecule has 70 valence electrons. The first-order valence-electron chi connectivity index (χ1n) is 4.39. The summed E-state index contributed by atoms with van der Waals surface area (Å²) in [6.45, 7) is 0. The molecule has 2 heterocycles. The molecule has 0 fully saturated rings. The van der Waals surface area contributed by atoms with Crippen molar-refractivity contribution in [3.05, 3.63) is 30.1 Å². The van der Waals surface area contributed by atoms with E-state index >= 15 is 0 Å². The van der Waals surface area contributed by atoms with E-state index in [9.17, 15) is 0 Å². The Hall–Kier alpha value is -1.27. The number of hydrogen-bond acceptors (Lipinski definition) is 1. The Bertz CT molecular complexity index is 490. The summed E-state index contributed by atoms with van der Waals surface area (Å²) in [5.74, 6) is 6.23. The number of H-pyrrole nitrogens is 1. The van der Waals surface area contributed by atoms with Gasteiger partial charge in [-0.3, -0.25) is 0 Å². The van der Waals surface area contributed by atoms with Gasteiger partial charge in [-0.15, -0.1) is 0 Å². The lowest BCUT2D eigenvalue weighted by Gasteiger charge is -1.92. The number of pyridine rings is 1. The summed E-state index contributed by atoms with van der Waals surface area (Å²) in [6.07, 6.45) is 4.53. The SMILES string of the molecule is BrCCC#Cc1ccnc2[nH]ccc12. The van der Waals surface area contributed by atoms with Gasteiger partial charge in [0.2, 0.25) is 0 Å². The molecular weight excluding hydrogens is 240 g/mol. The van der Waals surface area contributed by atoms with Crippen LogP contribution in [-0.2, 0) is 0 Å². The molecule has 2 aromatic heterocycles. The van der Waals surface area contributed by atoms with E-state index in [1.807, 2.05) is 18.3 Å². The lowest BCUT2D eigenvalue weighted by molar-refractivity contribution is 1.31. The number of aromatic amines is 1. The molecular formula is C11H9BrN2. The van der Waals surface area contributed by atoms with Gasteiger partial charge >= 0.3 is 0 Å².